The summed E-state index contributed by atoms with van der Waals surface area (Å²) in [5.74, 6) is 0.300. The predicted octanol–water partition coefficient (Wildman–Crippen LogP) is 3.40. The van der Waals surface area contributed by atoms with Crippen LogP contribution in [0.5, 0.6) is 0 Å². The van der Waals surface area contributed by atoms with Crippen LogP contribution in [0, 0.1) is 13.8 Å². The van der Waals surface area contributed by atoms with Crippen molar-refractivity contribution in [2.45, 2.75) is 32.4 Å². The van der Waals surface area contributed by atoms with Crippen LogP contribution >= 0.6 is 23.4 Å². The molecule has 0 heterocycles. The molecule has 0 fully saturated rings. The van der Waals surface area contributed by atoms with Gasteiger partial charge in [0.05, 0.1) is 16.5 Å². The van der Waals surface area contributed by atoms with E-state index in [-0.39, 0.29) is 17.8 Å². The molecule has 0 spiro atoms. The number of aryl methyl sites for hydroxylation is 2. The largest absolute Gasteiger partial charge is 0.396 e. The first kappa shape index (κ1) is 16.3. The van der Waals surface area contributed by atoms with Crippen molar-refractivity contribution < 1.29 is 9.90 Å². The van der Waals surface area contributed by atoms with Gasteiger partial charge >= 0.3 is 0 Å². The molecule has 1 aromatic carbocycles. The molecule has 5 heteroatoms. The van der Waals surface area contributed by atoms with Crippen LogP contribution in [0.15, 0.2) is 12.1 Å². The Labute approximate surface area is 123 Å². The summed E-state index contributed by atoms with van der Waals surface area (Å²) in [5, 5.41) is 12.5. The van der Waals surface area contributed by atoms with Crippen LogP contribution in [-0.2, 0) is 4.79 Å². The van der Waals surface area contributed by atoms with E-state index in [0.717, 1.165) is 11.1 Å². The Bertz CT molecular complexity index is 428. The number of halogens is 1. The number of thioether (sulfide) groups is 1. The van der Waals surface area contributed by atoms with Gasteiger partial charge in [-0.3, -0.25) is 4.79 Å². The molecule has 0 radical (unpaired) electrons. The summed E-state index contributed by atoms with van der Waals surface area (Å²) in [7, 11) is 0. The SMILES string of the molecule is Cc1cc(C)c(NC(=O)CSC(C)CCO)c(Cl)c1. The topological polar surface area (TPSA) is 49.3 Å². The Balaban J connectivity index is 2.58. The zero-order chi connectivity index (χ0) is 14.4. The van der Waals surface area contributed by atoms with E-state index in [9.17, 15) is 4.79 Å². The second kappa shape index (κ2) is 7.78. The van der Waals surface area contributed by atoms with Gasteiger partial charge in [0.1, 0.15) is 0 Å². The summed E-state index contributed by atoms with van der Waals surface area (Å²) in [4.78, 5) is 11.9. The van der Waals surface area contributed by atoms with Crippen molar-refractivity contribution in [2.75, 3.05) is 17.7 Å². The summed E-state index contributed by atoms with van der Waals surface area (Å²) in [6.45, 7) is 6.05. The molecule has 1 unspecified atom stereocenters. The maximum Gasteiger partial charge on any atom is 0.234 e. The van der Waals surface area contributed by atoms with E-state index >= 15 is 0 Å². The fourth-order valence-corrected chi connectivity index (χ4v) is 2.88. The molecule has 0 aliphatic rings. The van der Waals surface area contributed by atoms with Gasteiger partial charge in [0, 0.05) is 11.9 Å². The van der Waals surface area contributed by atoms with Crippen LogP contribution in [0.2, 0.25) is 5.02 Å². The van der Waals surface area contributed by atoms with E-state index in [0.29, 0.717) is 22.9 Å². The average molecular weight is 302 g/mol. The highest BCUT2D eigenvalue weighted by atomic mass is 35.5. The minimum Gasteiger partial charge on any atom is -0.396 e. The molecule has 1 aromatic rings. The van der Waals surface area contributed by atoms with E-state index in [1.54, 1.807) is 0 Å². The maximum atomic E-state index is 11.9. The second-order valence-electron chi connectivity index (χ2n) is 4.62. The fourth-order valence-electron chi connectivity index (χ4n) is 1.73. The van der Waals surface area contributed by atoms with Gasteiger partial charge in [-0.1, -0.05) is 24.6 Å². The Kier molecular flexibility index (Phi) is 6.69. The summed E-state index contributed by atoms with van der Waals surface area (Å²) in [6, 6.07) is 3.83. The number of nitrogens with one attached hydrogen (secondary N) is 1. The molecule has 2 N–H and O–H groups in total. The molecule has 0 aromatic heterocycles. The Morgan fingerprint density at radius 3 is 2.74 bits per heavy atom. The average Bonchev–Trinajstić information content (AvgIpc) is 2.31. The molecule has 1 amide bonds. The van der Waals surface area contributed by atoms with E-state index in [4.69, 9.17) is 16.7 Å². The third-order valence-electron chi connectivity index (χ3n) is 2.73. The molecule has 1 atom stereocenters. The monoisotopic (exact) mass is 301 g/mol. The van der Waals surface area contributed by atoms with Crippen molar-refractivity contribution >= 4 is 35.0 Å². The predicted molar refractivity (Wildman–Crippen MR) is 83.2 cm³/mol. The van der Waals surface area contributed by atoms with Gasteiger partial charge < -0.3 is 10.4 Å². The zero-order valence-corrected chi connectivity index (χ0v) is 13.1. The maximum absolute atomic E-state index is 11.9. The lowest BCUT2D eigenvalue weighted by Gasteiger charge is -2.13. The molecule has 0 aliphatic heterocycles. The highest BCUT2D eigenvalue weighted by Gasteiger charge is 2.11. The Morgan fingerprint density at radius 2 is 2.16 bits per heavy atom. The number of hydrogen-bond acceptors (Lipinski definition) is 3. The van der Waals surface area contributed by atoms with Crippen molar-refractivity contribution in [3.8, 4) is 0 Å². The van der Waals surface area contributed by atoms with E-state index < -0.39 is 0 Å². The lowest BCUT2D eigenvalue weighted by Crippen LogP contribution is -2.17. The van der Waals surface area contributed by atoms with Crippen molar-refractivity contribution in [2.24, 2.45) is 0 Å². The van der Waals surface area contributed by atoms with E-state index in [1.807, 2.05) is 32.9 Å². The van der Waals surface area contributed by atoms with Gasteiger partial charge in [-0.2, -0.15) is 0 Å². The highest BCUT2D eigenvalue weighted by molar-refractivity contribution is 8.00. The number of hydrogen-bond donors (Lipinski definition) is 2. The smallest absolute Gasteiger partial charge is 0.234 e. The van der Waals surface area contributed by atoms with E-state index in [1.165, 1.54) is 11.8 Å². The molecule has 106 valence electrons. The van der Waals surface area contributed by atoms with Crippen molar-refractivity contribution in [3.63, 3.8) is 0 Å². The third-order valence-corrected chi connectivity index (χ3v) is 4.26. The lowest BCUT2D eigenvalue weighted by molar-refractivity contribution is -0.113. The van der Waals surface area contributed by atoms with Crippen LogP contribution in [-0.4, -0.2) is 28.6 Å². The first-order chi connectivity index (χ1) is 8.93. The molecule has 0 aliphatic carbocycles. The number of benzene rings is 1. The number of carbonyl (C=O) groups excluding carboxylic acids is 1. The number of amides is 1. The van der Waals surface area contributed by atoms with Crippen molar-refractivity contribution in [1.29, 1.82) is 0 Å². The van der Waals surface area contributed by atoms with Crippen molar-refractivity contribution in [3.05, 3.63) is 28.3 Å². The number of aliphatic hydroxyl groups is 1. The molecule has 0 saturated heterocycles. The molecular weight excluding hydrogens is 282 g/mol. The van der Waals surface area contributed by atoms with Crippen LogP contribution in [0.1, 0.15) is 24.5 Å². The molecule has 3 nitrogen and oxygen atoms in total. The van der Waals surface area contributed by atoms with Crippen LogP contribution < -0.4 is 5.32 Å². The quantitative estimate of drug-likeness (QED) is 0.846. The number of carbonyl (C=O) groups is 1. The molecular formula is C14H20ClNO2S. The van der Waals surface area contributed by atoms with Crippen molar-refractivity contribution in [1.82, 2.24) is 0 Å². The van der Waals surface area contributed by atoms with Gasteiger partial charge in [-0.05, 0) is 37.5 Å². The Morgan fingerprint density at radius 1 is 1.47 bits per heavy atom. The molecule has 1 rings (SSSR count). The third kappa shape index (κ3) is 5.43. The van der Waals surface area contributed by atoms with Gasteiger partial charge in [0.15, 0.2) is 0 Å². The number of anilines is 1. The van der Waals surface area contributed by atoms with Gasteiger partial charge in [-0.15, -0.1) is 11.8 Å². The summed E-state index contributed by atoms with van der Waals surface area (Å²) in [6.07, 6.45) is 0.697. The van der Waals surface area contributed by atoms with E-state index in [2.05, 4.69) is 5.32 Å². The summed E-state index contributed by atoms with van der Waals surface area (Å²) < 4.78 is 0. The molecule has 0 bridgehead atoms. The molecule has 19 heavy (non-hydrogen) atoms. The summed E-state index contributed by atoms with van der Waals surface area (Å²) in [5.41, 5.74) is 2.73. The second-order valence-corrected chi connectivity index (χ2v) is 6.45. The zero-order valence-electron chi connectivity index (χ0n) is 11.5. The highest BCUT2D eigenvalue weighted by Crippen LogP contribution is 2.27. The van der Waals surface area contributed by atoms with Crippen LogP contribution in [0.25, 0.3) is 0 Å². The Hall–Kier alpha value is -0.710. The van der Waals surface area contributed by atoms with Gasteiger partial charge in [-0.25, -0.2) is 0 Å². The van der Waals surface area contributed by atoms with Crippen LogP contribution in [0.3, 0.4) is 0 Å². The first-order valence-corrected chi connectivity index (χ1v) is 7.65. The minimum atomic E-state index is -0.0661. The summed E-state index contributed by atoms with van der Waals surface area (Å²) >= 11 is 7.66. The lowest BCUT2D eigenvalue weighted by atomic mass is 10.1. The van der Waals surface area contributed by atoms with Gasteiger partial charge in [0.2, 0.25) is 5.91 Å². The minimum absolute atomic E-state index is 0.0661. The molecule has 0 saturated carbocycles. The first-order valence-electron chi connectivity index (χ1n) is 6.23. The van der Waals surface area contributed by atoms with Crippen LogP contribution in [0.4, 0.5) is 5.69 Å². The standard InChI is InChI=1S/C14H20ClNO2S/c1-9-6-10(2)14(12(15)7-9)16-13(18)8-19-11(3)4-5-17/h6-7,11,17H,4-5,8H2,1-3H3,(H,16,18). The number of aliphatic hydroxyl groups excluding tert-OH is 1. The van der Waals surface area contributed by atoms with Gasteiger partial charge in [0.25, 0.3) is 0 Å². The normalized spacial score (nSPS) is 12.3. The fraction of sp³-hybridized carbons (Fsp3) is 0.500. The number of rotatable bonds is 6.